The Morgan fingerprint density at radius 3 is 2.43 bits per heavy atom. The van der Waals surface area contributed by atoms with Gasteiger partial charge in [0.15, 0.2) is 0 Å². The molecule has 8 nitrogen and oxygen atoms in total. The van der Waals surface area contributed by atoms with E-state index in [9.17, 15) is 21.4 Å². The summed E-state index contributed by atoms with van der Waals surface area (Å²) in [6.45, 7) is -1.04. The van der Waals surface area contributed by atoms with Crippen molar-refractivity contribution in [3.63, 3.8) is 0 Å². The predicted octanol–water partition coefficient (Wildman–Crippen LogP) is -4.87. The van der Waals surface area contributed by atoms with Crippen molar-refractivity contribution in [3.8, 4) is 0 Å². The Hall–Kier alpha value is 0.337. The average molecular weight is 240 g/mol. The van der Waals surface area contributed by atoms with Crippen LogP contribution in [0.1, 0.15) is 0 Å². The van der Waals surface area contributed by atoms with Crippen LogP contribution in [0.5, 0.6) is 0 Å². The number of hydrogen-bond donors (Lipinski definition) is 0. The zero-order chi connectivity index (χ0) is 10.1. The summed E-state index contributed by atoms with van der Waals surface area (Å²) in [5.41, 5.74) is 0. The largest absolute Gasteiger partial charge is 1.00 e. The first-order valence-corrected chi connectivity index (χ1v) is 5.63. The van der Waals surface area contributed by atoms with Gasteiger partial charge in [0.25, 0.3) is 0 Å². The van der Waals surface area contributed by atoms with Gasteiger partial charge in [0.2, 0.25) is 10.4 Å². The van der Waals surface area contributed by atoms with Crippen molar-refractivity contribution in [1.29, 1.82) is 0 Å². The predicted molar refractivity (Wildman–Crippen MR) is 35.4 cm³/mol. The quantitative estimate of drug-likeness (QED) is 0.273. The summed E-state index contributed by atoms with van der Waals surface area (Å²) in [7, 11) is -8.87. The molecule has 1 fully saturated rings. The van der Waals surface area contributed by atoms with Gasteiger partial charge >= 0.3 is 29.3 Å². The Morgan fingerprint density at radius 2 is 2.07 bits per heavy atom. The van der Waals surface area contributed by atoms with Crippen LogP contribution in [0.3, 0.4) is 0 Å². The second kappa shape index (κ2) is 4.91. The summed E-state index contributed by atoms with van der Waals surface area (Å²) in [5.74, 6) is 0. The van der Waals surface area contributed by atoms with Crippen LogP contribution in [0, 0.1) is 0 Å². The Balaban J connectivity index is 0.00000169. The van der Waals surface area contributed by atoms with Crippen molar-refractivity contribution >= 4 is 20.8 Å². The normalized spacial score (nSPS) is 25.6. The van der Waals surface area contributed by atoms with E-state index >= 15 is 0 Å². The van der Waals surface area contributed by atoms with Crippen LogP contribution < -0.4 is 18.9 Å². The van der Waals surface area contributed by atoms with Crippen molar-refractivity contribution < 1.29 is 52.8 Å². The molecule has 0 saturated carbocycles. The van der Waals surface area contributed by atoms with Gasteiger partial charge in [0.1, 0.15) is 6.10 Å². The fourth-order valence-electron chi connectivity index (χ4n) is 0.617. The van der Waals surface area contributed by atoms with E-state index in [0.717, 1.165) is 0 Å². The number of rotatable bonds is 3. The molecule has 0 radical (unpaired) electrons. The van der Waals surface area contributed by atoms with Gasteiger partial charge < -0.3 is 4.55 Å². The topological polar surface area (TPSA) is 119 Å². The molecule has 1 aliphatic rings. The molecule has 0 bridgehead atoms. The maximum absolute atomic E-state index is 10.4. The van der Waals surface area contributed by atoms with E-state index < -0.39 is 33.5 Å². The molecule has 0 aromatic rings. The number of hydrogen-bond acceptors (Lipinski definition) is 8. The summed E-state index contributed by atoms with van der Waals surface area (Å²) < 4.78 is 62.7. The van der Waals surface area contributed by atoms with Crippen LogP contribution in [0.15, 0.2) is 0 Å². The first-order chi connectivity index (χ1) is 5.79. The van der Waals surface area contributed by atoms with Crippen molar-refractivity contribution in [2.75, 3.05) is 13.2 Å². The SMILES string of the molecule is O=S(=O)([O-])OCC1COS(=O)(=O)O1.[Li+]. The van der Waals surface area contributed by atoms with Gasteiger partial charge in [-0.25, -0.2) is 16.8 Å². The third-order valence-corrected chi connectivity index (χ3v) is 2.41. The minimum absolute atomic E-state index is 0. The standard InChI is InChI=1S/C3H6O8S2.Li/c4-12(5,6)9-1-3-2-10-13(7,8)11-3;/h3H,1-2H2,(H,4,5,6);/q;+1/p-1. The third kappa shape index (κ3) is 5.28. The fraction of sp³-hybridized carbons (Fsp3) is 1.00. The molecule has 1 rings (SSSR count). The molecule has 1 atom stereocenters. The maximum Gasteiger partial charge on any atom is 1.00 e. The molecule has 0 N–H and O–H groups in total. The van der Waals surface area contributed by atoms with Gasteiger partial charge in [-0.1, -0.05) is 0 Å². The molecule has 78 valence electrons. The van der Waals surface area contributed by atoms with E-state index in [1.807, 2.05) is 0 Å². The van der Waals surface area contributed by atoms with Crippen LogP contribution in [-0.4, -0.2) is 40.7 Å². The molecule has 1 saturated heterocycles. The van der Waals surface area contributed by atoms with Gasteiger partial charge in [-0.05, 0) is 0 Å². The Kier molecular flexibility index (Phi) is 5.03. The molecular formula is C3H5LiO8S2. The third-order valence-electron chi connectivity index (χ3n) is 1.05. The average Bonchev–Trinajstić information content (AvgIpc) is 2.24. The molecule has 0 aliphatic carbocycles. The first kappa shape index (κ1) is 14.3. The Bertz CT molecular complexity index is 369. The summed E-state index contributed by atoms with van der Waals surface area (Å²) in [5, 5.41) is 0. The minimum atomic E-state index is -4.83. The molecule has 0 aromatic heterocycles. The van der Waals surface area contributed by atoms with Crippen LogP contribution in [0.4, 0.5) is 0 Å². The molecule has 1 heterocycles. The molecule has 1 aliphatic heterocycles. The van der Waals surface area contributed by atoms with Gasteiger partial charge in [0, 0.05) is 0 Å². The van der Waals surface area contributed by atoms with Crippen LogP contribution in [-0.2, 0) is 33.3 Å². The molecule has 0 spiro atoms. The summed E-state index contributed by atoms with van der Waals surface area (Å²) in [4.78, 5) is 0. The monoisotopic (exact) mass is 240 g/mol. The smallest absolute Gasteiger partial charge is 0.726 e. The van der Waals surface area contributed by atoms with Crippen LogP contribution in [0.2, 0.25) is 0 Å². The van der Waals surface area contributed by atoms with E-state index in [1.54, 1.807) is 0 Å². The fourth-order valence-corrected chi connectivity index (χ4v) is 1.75. The van der Waals surface area contributed by atoms with E-state index in [2.05, 4.69) is 12.5 Å². The zero-order valence-electron chi connectivity index (χ0n) is 7.07. The summed E-state index contributed by atoms with van der Waals surface area (Å²) in [6, 6.07) is 0. The molecule has 11 heteroatoms. The van der Waals surface area contributed by atoms with Crippen molar-refractivity contribution in [2.24, 2.45) is 0 Å². The molecule has 0 amide bonds. The second-order valence-electron chi connectivity index (χ2n) is 2.10. The van der Waals surface area contributed by atoms with E-state index in [0.29, 0.717) is 0 Å². The first-order valence-electron chi connectivity index (χ1n) is 2.96. The van der Waals surface area contributed by atoms with Gasteiger partial charge in [0.05, 0.1) is 13.2 Å². The van der Waals surface area contributed by atoms with Gasteiger partial charge in [-0.15, -0.1) is 0 Å². The van der Waals surface area contributed by atoms with Crippen molar-refractivity contribution in [2.45, 2.75) is 6.10 Å². The van der Waals surface area contributed by atoms with Crippen molar-refractivity contribution in [3.05, 3.63) is 0 Å². The molecule has 1 unspecified atom stereocenters. The van der Waals surface area contributed by atoms with E-state index in [1.165, 1.54) is 0 Å². The minimum Gasteiger partial charge on any atom is -0.726 e. The van der Waals surface area contributed by atoms with E-state index in [4.69, 9.17) is 0 Å². The van der Waals surface area contributed by atoms with E-state index in [-0.39, 0.29) is 25.5 Å². The Labute approximate surface area is 93.0 Å². The van der Waals surface area contributed by atoms with Gasteiger partial charge in [-0.2, -0.15) is 8.42 Å². The molecular weight excluding hydrogens is 235 g/mol. The van der Waals surface area contributed by atoms with Crippen LogP contribution >= 0.6 is 0 Å². The van der Waals surface area contributed by atoms with Crippen LogP contribution in [0.25, 0.3) is 0 Å². The molecule has 14 heavy (non-hydrogen) atoms. The van der Waals surface area contributed by atoms with Gasteiger partial charge in [-0.3, -0.25) is 4.18 Å². The molecule has 0 aromatic carbocycles. The summed E-state index contributed by atoms with van der Waals surface area (Å²) in [6.07, 6.45) is -1.09. The summed E-state index contributed by atoms with van der Waals surface area (Å²) >= 11 is 0. The second-order valence-corrected chi connectivity index (χ2v) is 4.40. The maximum atomic E-state index is 10.4. The van der Waals surface area contributed by atoms with Crippen molar-refractivity contribution in [1.82, 2.24) is 0 Å². The zero-order valence-corrected chi connectivity index (χ0v) is 8.71. The Morgan fingerprint density at radius 1 is 1.50 bits per heavy atom.